The number of aromatic nitrogens is 3. The van der Waals surface area contributed by atoms with Crippen molar-refractivity contribution in [3.8, 4) is 78.7 Å². The quantitative estimate of drug-likeness (QED) is 0.170. The first-order valence-electron chi connectivity index (χ1n) is 17.5. The summed E-state index contributed by atoms with van der Waals surface area (Å²) in [6, 6.07) is 70.2. The van der Waals surface area contributed by atoms with Gasteiger partial charge in [0.1, 0.15) is 0 Å². The van der Waals surface area contributed by atoms with E-state index in [1.807, 2.05) is 60.7 Å². The third-order valence-electron chi connectivity index (χ3n) is 9.52. The van der Waals surface area contributed by atoms with Gasteiger partial charge in [-0.25, -0.2) is 15.0 Å². The van der Waals surface area contributed by atoms with E-state index >= 15 is 0 Å². The molecule has 0 unspecified atom stereocenters. The first-order chi connectivity index (χ1) is 25.8. The molecule has 0 saturated carbocycles. The topological polar surface area (TPSA) is 38.7 Å². The summed E-state index contributed by atoms with van der Waals surface area (Å²) in [5, 5.41) is 2.43. The van der Waals surface area contributed by atoms with E-state index in [0.29, 0.717) is 17.5 Å². The lowest BCUT2D eigenvalue weighted by molar-refractivity contribution is 1.07. The fraction of sp³-hybridized carbons (Fsp3) is 0. The summed E-state index contributed by atoms with van der Waals surface area (Å²) in [7, 11) is 0. The molecule has 8 aromatic carbocycles. The minimum absolute atomic E-state index is 0.636. The van der Waals surface area contributed by atoms with Gasteiger partial charge in [-0.2, -0.15) is 0 Å². The number of benzene rings is 8. The number of hydrogen-bond acceptors (Lipinski definition) is 3. The van der Waals surface area contributed by atoms with Gasteiger partial charge in [-0.15, -0.1) is 0 Å². The van der Waals surface area contributed by atoms with Crippen LogP contribution in [0, 0.1) is 0 Å². The van der Waals surface area contributed by atoms with E-state index in [0.717, 1.165) is 33.4 Å². The zero-order chi connectivity index (χ0) is 34.7. The lowest BCUT2D eigenvalue weighted by Gasteiger charge is -2.17. The highest BCUT2D eigenvalue weighted by Gasteiger charge is 2.17. The average Bonchev–Trinajstić information content (AvgIpc) is 3.24. The lowest BCUT2D eigenvalue weighted by atomic mass is 9.86. The van der Waals surface area contributed by atoms with Crippen LogP contribution in [0.15, 0.2) is 200 Å². The Kier molecular flexibility index (Phi) is 8.20. The largest absolute Gasteiger partial charge is 0.208 e. The normalized spacial score (nSPS) is 11.1. The van der Waals surface area contributed by atoms with Gasteiger partial charge in [0.2, 0.25) is 0 Å². The van der Waals surface area contributed by atoms with Crippen LogP contribution in [-0.4, -0.2) is 15.0 Å². The van der Waals surface area contributed by atoms with Gasteiger partial charge in [0.25, 0.3) is 0 Å². The fourth-order valence-corrected chi connectivity index (χ4v) is 6.94. The van der Waals surface area contributed by atoms with Gasteiger partial charge in [-0.3, -0.25) is 0 Å². The van der Waals surface area contributed by atoms with Crippen molar-refractivity contribution >= 4 is 10.8 Å². The maximum absolute atomic E-state index is 5.01. The second kappa shape index (κ2) is 13.7. The predicted octanol–water partition coefficient (Wildman–Crippen LogP) is 12.7. The molecule has 3 nitrogen and oxygen atoms in total. The third kappa shape index (κ3) is 6.17. The Morgan fingerprint density at radius 2 is 0.615 bits per heavy atom. The van der Waals surface area contributed by atoms with E-state index in [4.69, 9.17) is 15.0 Å². The zero-order valence-corrected chi connectivity index (χ0v) is 28.4. The molecule has 1 aromatic heterocycles. The molecule has 0 radical (unpaired) electrons. The van der Waals surface area contributed by atoms with E-state index in [1.165, 1.54) is 38.6 Å². The van der Waals surface area contributed by atoms with Crippen LogP contribution in [0.3, 0.4) is 0 Å². The summed E-state index contributed by atoms with van der Waals surface area (Å²) in [6.45, 7) is 0. The summed E-state index contributed by atoms with van der Waals surface area (Å²) >= 11 is 0. The van der Waals surface area contributed by atoms with Crippen molar-refractivity contribution in [2.24, 2.45) is 0 Å². The molecule has 1 heterocycles. The maximum Gasteiger partial charge on any atom is 0.164 e. The van der Waals surface area contributed by atoms with Crippen LogP contribution >= 0.6 is 0 Å². The van der Waals surface area contributed by atoms with Crippen LogP contribution in [0.1, 0.15) is 0 Å². The standard InChI is InChI=1S/C49H33N3/c1-5-15-34(16-6-1)38-27-28-40-32-42(30-29-39(40)31-38)45-26-14-25-44(46(45)35-17-7-2-8-18-35)41-23-13-24-43(33-41)49-51-47(36-19-9-3-10-20-36)50-48(52-49)37-21-11-4-12-22-37/h1-33H. The summed E-state index contributed by atoms with van der Waals surface area (Å²) in [5.74, 6) is 1.93. The number of hydrogen-bond donors (Lipinski definition) is 0. The van der Waals surface area contributed by atoms with Gasteiger partial charge in [0, 0.05) is 16.7 Å². The van der Waals surface area contributed by atoms with Crippen LogP contribution in [0.4, 0.5) is 0 Å². The van der Waals surface area contributed by atoms with E-state index < -0.39 is 0 Å². The molecule has 0 saturated heterocycles. The average molecular weight is 664 g/mol. The Balaban J connectivity index is 1.17. The maximum atomic E-state index is 5.01. The molecule has 244 valence electrons. The van der Waals surface area contributed by atoms with Crippen LogP contribution in [0.2, 0.25) is 0 Å². The summed E-state index contributed by atoms with van der Waals surface area (Å²) in [4.78, 5) is 14.9. The first kappa shape index (κ1) is 31.0. The van der Waals surface area contributed by atoms with E-state index in [1.54, 1.807) is 0 Å². The van der Waals surface area contributed by atoms with E-state index in [9.17, 15) is 0 Å². The van der Waals surface area contributed by atoms with Crippen LogP contribution in [0.25, 0.3) is 89.4 Å². The Hall–Kier alpha value is -6.97. The molecule has 0 spiro atoms. The molecule has 0 aliphatic carbocycles. The highest BCUT2D eigenvalue weighted by atomic mass is 15.0. The Bertz CT molecular complexity index is 2600. The Morgan fingerprint density at radius 3 is 1.17 bits per heavy atom. The van der Waals surface area contributed by atoms with Gasteiger partial charge in [0.15, 0.2) is 17.5 Å². The van der Waals surface area contributed by atoms with Crippen LogP contribution in [0.5, 0.6) is 0 Å². The molecule has 9 aromatic rings. The minimum Gasteiger partial charge on any atom is -0.208 e. The van der Waals surface area contributed by atoms with Gasteiger partial charge >= 0.3 is 0 Å². The Labute approximate surface area is 303 Å². The molecule has 0 atom stereocenters. The molecule has 0 N–H and O–H groups in total. The van der Waals surface area contributed by atoms with Crippen molar-refractivity contribution in [2.75, 3.05) is 0 Å². The first-order valence-corrected chi connectivity index (χ1v) is 17.5. The van der Waals surface area contributed by atoms with Gasteiger partial charge in [-0.1, -0.05) is 182 Å². The fourth-order valence-electron chi connectivity index (χ4n) is 6.94. The zero-order valence-electron chi connectivity index (χ0n) is 28.4. The molecule has 0 bridgehead atoms. The van der Waals surface area contributed by atoms with Gasteiger partial charge < -0.3 is 0 Å². The van der Waals surface area contributed by atoms with Crippen molar-refractivity contribution in [3.63, 3.8) is 0 Å². The number of nitrogens with zero attached hydrogens (tertiary/aromatic N) is 3. The van der Waals surface area contributed by atoms with Gasteiger partial charge in [0.05, 0.1) is 0 Å². The van der Waals surface area contributed by atoms with Crippen molar-refractivity contribution in [1.29, 1.82) is 0 Å². The monoisotopic (exact) mass is 663 g/mol. The van der Waals surface area contributed by atoms with E-state index in [2.05, 4.69) is 140 Å². The minimum atomic E-state index is 0.636. The second-order valence-electron chi connectivity index (χ2n) is 12.9. The summed E-state index contributed by atoms with van der Waals surface area (Å²) < 4.78 is 0. The smallest absolute Gasteiger partial charge is 0.164 e. The van der Waals surface area contributed by atoms with E-state index in [-0.39, 0.29) is 0 Å². The van der Waals surface area contributed by atoms with Crippen molar-refractivity contribution < 1.29 is 0 Å². The molecule has 52 heavy (non-hydrogen) atoms. The predicted molar refractivity (Wildman–Crippen MR) is 215 cm³/mol. The molecule has 0 aliphatic rings. The molecule has 3 heteroatoms. The SMILES string of the molecule is c1ccc(-c2ccc3cc(-c4cccc(-c5cccc(-c6nc(-c7ccccc7)nc(-c7ccccc7)n6)c5)c4-c4ccccc4)ccc3c2)cc1. The molecule has 9 rings (SSSR count). The molecular formula is C49H33N3. The lowest BCUT2D eigenvalue weighted by Crippen LogP contribution is -2.00. The van der Waals surface area contributed by atoms with Crippen molar-refractivity contribution in [2.45, 2.75) is 0 Å². The molecular weight excluding hydrogens is 631 g/mol. The van der Waals surface area contributed by atoms with Crippen molar-refractivity contribution in [3.05, 3.63) is 200 Å². The van der Waals surface area contributed by atoms with Gasteiger partial charge in [-0.05, 0) is 73.5 Å². The second-order valence-corrected chi connectivity index (χ2v) is 12.9. The van der Waals surface area contributed by atoms with Crippen molar-refractivity contribution in [1.82, 2.24) is 15.0 Å². The number of fused-ring (bicyclic) bond motifs is 1. The van der Waals surface area contributed by atoms with Crippen LogP contribution < -0.4 is 0 Å². The van der Waals surface area contributed by atoms with Crippen LogP contribution in [-0.2, 0) is 0 Å². The molecule has 0 aliphatic heterocycles. The number of rotatable bonds is 7. The highest BCUT2D eigenvalue weighted by molar-refractivity contribution is 5.98. The molecule has 0 fully saturated rings. The molecule has 0 amide bonds. The third-order valence-corrected chi connectivity index (χ3v) is 9.52. The summed E-state index contributed by atoms with van der Waals surface area (Å²) in [6.07, 6.45) is 0. The Morgan fingerprint density at radius 1 is 0.231 bits per heavy atom. The summed E-state index contributed by atoms with van der Waals surface area (Å²) in [5.41, 5.74) is 12.2. The highest BCUT2D eigenvalue weighted by Crippen LogP contribution is 2.42.